The van der Waals surface area contributed by atoms with Gasteiger partial charge in [-0.3, -0.25) is 9.59 Å². The highest BCUT2D eigenvalue weighted by molar-refractivity contribution is 5.97. The molecule has 8 nitrogen and oxygen atoms in total. The lowest BCUT2D eigenvalue weighted by atomic mass is 10.1. The molecule has 8 heteroatoms. The molecule has 1 aromatic carbocycles. The molecule has 1 amide bonds. The molecule has 0 aliphatic carbocycles. The van der Waals surface area contributed by atoms with Gasteiger partial charge >= 0.3 is 17.9 Å². The molecule has 0 aliphatic heterocycles. The van der Waals surface area contributed by atoms with Crippen LogP contribution >= 0.6 is 0 Å². The van der Waals surface area contributed by atoms with Crippen LogP contribution in [0.4, 0.5) is 0 Å². The molecule has 1 rings (SSSR count). The van der Waals surface area contributed by atoms with Crippen LogP contribution in [0.5, 0.6) is 5.75 Å². The SMILES string of the molecule is CCOC(=O)/C=C/C[C@@H](NC(=O)c1cccc(OC(C)=O)c1)C(=O)O. The largest absolute Gasteiger partial charge is 0.480 e. The molecule has 0 radical (unpaired) electrons. The molecule has 0 saturated heterocycles. The Hall–Kier alpha value is -3.16. The molecular weight excluding hydrogens is 330 g/mol. The van der Waals surface area contributed by atoms with Crippen LogP contribution in [0.15, 0.2) is 36.4 Å². The molecule has 0 aliphatic rings. The minimum atomic E-state index is -1.25. The second kappa shape index (κ2) is 9.86. The summed E-state index contributed by atoms with van der Waals surface area (Å²) in [6.45, 7) is 3.08. The molecule has 0 saturated carbocycles. The van der Waals surface area contributed by atoms with E-state index in [2.05, 4.69) is 10.1 Å². The van der Waals surface area contributed by atoms with Crippen molar-refractivity contribution in [2.45, 2.75) is 26.3 Å². The molecule has 1 aromatic rings. The fraction of sp³-hybridized carbons (Fsp3) is 0.294. The van der Waals surface area contributed by atoms with Crippen LogP contribution < -0.4 is 10.1 Å². The smallest absolute Gasteiger partial charge is 0.330 e. The van der Waals surface area contributed by atoms with E-state index in [-0.39, 0.29) is 24.3 Å². The number of ether oxygens (including phenoxy) is 2. The number of hydrogen-bond donors (Lipinski definition) is 2. The van der Waals surface area contributed by atoms with Gasteiger partial charge in [0.05, 0.1) is 6.61 Å². The number of amides is 1. The first kappa shape index (κ1) is 19.9. The number of carboxylic acids is 1. The maximum Gasteiger partial charge on any atom is 0.330 e. The molecule has 134 valence electrons. The highest BCUT2D eigenvalue weighted by Gasteiger charge is 2.20. The number of carbonyl (C=O) groups excluding carboxylic acids is 3. The first-order valence-electron chi connectivity index (χ1n) is 7.49. The van der Waals surface area contributed by atoms with Gasteiger partial charge in [0, 0.05) is 18.6 Å². The molecule has 0 fully saturated rings. The first-order chi connectivity index (χ1) is 11.8. The topological polar surface area (TPSA) is 119 Å². The minimum Gasteiger partial charge on any atom is -0.480 e. The Morgan fingerprint density at radius 1 is 1.28 bits per heavy atom. The van der Waals surface area contributed by atoms with Crippen LogP contribution in [0.25, 0.3) is 0 Å². The lowest BCUT2D eigenvalue weighted by molar-refractivity contribution is -0.139. The van der Waals surface area contributed by atoms with Crippen molar-refractivity contribution >= 4 is 23.8 Å². The fourth-order valence-corrected chi connectivity index (χ4v) is 1.82. The van der Waals surface area contributed by atoms with Crippen molar-refractivity contribution in [1.82, 2.24) is 5.32 Å². The summed E-state index contributed by atoms with van der Waals surface area (Å²) in [5.41, 5.74) is 0.138. The van der Waals surface area contributed by atoms with Crippen LogP contribution in [-0.4, -0.2) is 41.6 Å². The standard InChI is InChI=1S/C17H19NO7/c1-3-24-15(20)9-5-8-14(17(22)23)18-16(21)12-6-4-7-13(10-12)25-11(2)19/h4-7,9-10,14H,3,8H2,1-2H3,(H,18,21)(H,22,23)/b9-5+/t14-/m1/s1. The lowest BCUT2D eigenvalue weighted by Gasteiger charge is -2.13. The summed E-state index contributed by atoms with van der Waals surface area (Å²) in [5, 5.41) is 11.5. The van der Waals surface area contributed by atoms with Gasteiger partial charge in [-0.25, -0.2) is 9.59 Å². The van der Waals surface area contributed by atoms with Gasteiger partial charge < -0.3 is 19.9 Å². The van der Waals surface area contributed by atoms with E-state index in [0.29, 0.717) is 0 Å². The number of esters is 2. The predicted molar refractivity (Wildman–Crippen MR) is 87.0 cm³/mol. The van der Waals surface area contributed by atoms with Crippen molar-refractivity contribution in [3.63, 3.8) is 0 Å². The van der Waals surface area contributed by atoms with Gasteiger partial charge in [-0.2, -0.15) is 0 Å². The second-order valence-electron chi connectivity index (χ2n) is 4.88. The molecule has 0 unspecified atom stereocenters. The summed E-state index contributed by atoms with van der Waals surface area (Å²) in [5.74, 6) is -2.85. The maximum atomic E-state index is 12.2. The number of aliphatic carboxylic acids is 1. The number of rotatable bonds is 8. The zero-order valence-electron chi connectivity index (χ0n) is 13.9. The molecule has 2 N–H and O–H groups in total. The quantitative estimate of drug-likeness (QED) is 0.412. The molecule has 1 atom stereocenters. The Kier molecular flexibility index (Phi) is 7.85. The minimum absolute atomic E-state index is 0.0937. The van der Waals surface area contributed by atoms with E-state index >= 15 is 0 Å². The van der Waals surface area contributed by atoms with Crippen LogP contribution in [-0.2, 0) is 19.1 Å². The van der Waals surface area contributed by atoms with Gasteiger partial charge in [-0.1, -0.05) is 12.1 Å². The summed E-state index contributed by atoms with van der Waals surface area (Å²) < 4.78 is 9.55. The Balaban J connectivity index is 2.75. The van der Waals surface area contributed by atoms with Crippen molar-refractivity contribution in [1.29, 1.82) is 0 Å². The number of benzene rings is 1. The first-order valence-corrected chi connectivity index (χ1v) is 7.49. The van der Waals surface area contributed by atoms with Crippen molar-refractivity contribution in [2.24, 2.45) is 0 Å². The highest BCUT2D eigenvalue weighted by atomic mass is 16.5. The van der Waals surface area contributed by atoms with E-state index in [9.17, 15) is 24.3 Å². The number of nitrogens with one attached hydrogen (secondary N) is 1. The molecular formula is C17H19NO7. The van der Waals surface area contributed by atoms with Gasteiger partial charge in [-0.15, -0.1) is 0 Å². The van der Waals surface area contributed by atoms with Gasteiger partial charge in [0.15, 0.2) is 0 Å². The third-order valence-electron chi connectivity index (χ3n) is 2.87. The lowest BCUT2D eigenvalue weighted by Crippen LogP contribution is -2.40. The Morgan fingerprint density at radius 2 is 2.00 bits per heavy atom. The van der Waals surface area contributed by atoms with Crippen LogP contribution in [0.3, 0.4) is 0 Å². The highest BCUT2D eigenvalue weighted by Crippen LogP contribution is 2.14. The van der Waals surface area contributed by atoms with E-state index in [0.717, 1.165) is 6.08 Å². The van der Waals surface area contributed by atoms with E-state index in [1.807, 2.05) is 0 Å². The number of hydrogen-bond acceptors (Lipinski definition) is 6. The Morgan fingerprint density at radius 3 is 2.60 bits per heavy atom. The third-order valence-corrected chi connectivity index (χ3v) is 2.87. The molecule has 25 heavy (non-hydrogen) atoms. The fourth-order valence-electron chi connectivity index (χ4n) is 1.82. The predicted octanol–water partition coefficient (Wildman–Crippen LogP) is 1.30. The number of carbonyl (C=O) groups is 4. The Bertz CT molecular complexity index is 681. The van der Waals surface area contributed by atoms with Gasteiger partial charge in [-0.05, 0) is 31.5 Å². The van der Waals surface area contributed by atoms with Crippen molar-refractivity contribution in [3.05, 3.63) is 42.0 Å². The zero-order valence-corrected chi connectivity index (χ0v) is 13.9. The third kappa shape index (κ3) is 7.30. The van der Waals surface area contributed by atoms with E-state index < -0.39 is 29.9 Å². The maximum absolute atomic E-state index is 12.2. The van der Waals surface area contributed by atoms with E-state index in [1.54, 1.807) is 6.92 Å². The van der Waals surface area contributed by atoms with Gasteiger partial charge in [0.25, 0.3) is 5.91 Å². The molecule has 0 spiro atoms. The van der Waals surface area contributed by atoms with Crippen LogP contribution in [0, 0.1) is 0 Å². The second-order valence-corrected chi connectivity index (χ2v) is 4.88. The molecule has 0 aromatic heterocycles. The van der Waals surface area contributed by atoms with Crippen molar-refractivity contribution in [3.8, 4) is 5.75 Å². The van der Waals surface area contributed by atoms with Crippen molar-refractivity contribution in [2.75, 3.05) is 6.61 Å². The Labute approximate surface area is 144 Å². The molecule has 0 bridgehead atoms. The van der Waals surface area contributed by atoms with Crippen LogP contribution in [0.2, 0.25) is 0 Å². The summed E-state index contributed by atoms with van der Waals surface area (Å²) in [4.78, 5) is 45.5. The van der Waals surface area contributed by atoms with Gasteiger partial charge in [0.1, 0.15) is 11.8 Å². The molecule has 0 heterocycles. The summed E-state index contributed by atoms with van der Waals surface area (Å²) in [6.07, 6.45) is 2.32. The van der Waals surface area contributed by atoms with E-state index in [4.69, 9.17) is 4.74 Å². The van der Waals surface area contributed by atoms with E-state index in [1.165, 1.54) is 37.3 Å². The van der Waals surface area contributed by atoms with Crippen LogP contribution in [0.1, 0.15) is 30.6 Å². The summed E-state index contributed by atoms with van der Waals surface area (Å²) >= 11 is 0. The number of carboxylic acid groups (broad SMARTS) is 1. The van der Waals surface area contributed by atoms with Gasteiger partial charge in [0.2, 0.25) is 0 Å². The monoisotopic (exact) mass is 349 g/mol. The average molecular weight is 349 g/mol. The average Bonchev–Trinajstić information content (AvgIpc) is 2.53. The summed E-state index contributed by atoms with van der Waals surface area (Å²) in [7, 11) is 0. The normalized spacial score (nSPS) is 11.6. The van der Waals surface area contributed by atoms with Crippen molar-refractivity contribution < 1.29 is 33.8 Å². The summed E-state index contributed by atoms with van der Waals surface area (Å²) in [6, 6.07) is 4.55. The zero-order chi connectivity index (χ0) is 18.8.